The summed E-state index contributed by atoms with van der Waals surface area (Å²) >= 11 is 0. The molecule has 0 saturated carbocycles. The summed E-state index contributed by atoms with van der Waals surface area (Å²) in [5.41, 5.74) is 0.590. The lowest BCUT2D eigenvalue weighted by Gasteiger charge is -2.23. The monoisotopic (exact) mass is 348 g/mol. The normalized spacial score (nSPS) is 11.6. The van der Waals surface area contributed by atoms with E-state index in [1.807, 2.05) is 0 Å². The molecule has 0 unspecified atom stereocenters. The molecule has 1 aromatic rings. The number of amides is 1. The first kappa shape index (κ1) is 19.8. The van der Waals surface area contributed by atoms with Crippen LogP contribution in [0.3, 0.4) is 0 Å². The Morgan fingerprint density at radius 3 is 2.25 bits per heavy atom. The van der Waals surface area contributed by atoms with Crippen LogP contribution >= 0.6 is 0 Å². The molecule has 0 aliphatic heterocycles. The molecular weight excluding hydrogens is 329 g/mol. The van der Waals surface area contributed by atoms with Gasteiger partial charge in [0.05, 0.1) is 13.1 Å². The van der Waals surface area contributed by atoms with Crippen molar-refractivity contribution in [1.82, 2.24) is 10.2 Å². The van der Waals surface area contributed by atoms with Gasteiger partial charge in [0.1, 0.15) is 5.75 Å². The first-order valence-corrected chi connectivity index (χ1v) is 7.14. The number of hydrogen-bond acceptors (Lipinski definition) is 4. The Hall–Kier alpha value is -2.29. The maximum absolute atomic E-state index is 12.0. The topological polar surface area (TPSA) is 78.9 Å². The summed E-state index contributed by atoms with van der Waals surface area (Å²) in [6, 6.07) is 4.99. The van der Waals surface area contributed by atoms with E-state index in [0.29, 0.717) is 5.56 Å². The number of benzene rings is 1. The minimum Gasteiger partial charge on any atom is -0.480 e. The van der Waals surface area contributed by atoms with Gasteiger partial charge in [-0.1, -0.05) is 12.1 Å². The third kappa shape index (κ3) is 7.82. The van der Waals surface area contributed by atoms with Crippen LogP contribution in [0.4, 0.5) is 13.2 Å². The molecule has 0 spiro atoms. The molecule has 9 heteroatoms. The number of carbonyl (C=O) groups is 2. The summed E-state index contributed by atoms with van der Waals surface area (Å²) in [7, 11) is 0. The fourth-order valence-electron chi connectivity index (χ4n) is 1.84. The average Bonchev–Trinajstić information content (AvgIpc) is 2.43. The molecule has 134 valence electrons. The second-order valence-corrected chi connectivity index (χ2v) is 5.36. The molecule has 1 amide bonds. The van der Waals surface area contributed by atoms with Crippen LogP contribution in [0.2, 0.25) is 0 Å². The zero-order valence-corrected chi connectivity index (χ0v) is 13.3. The van der Waals surface area contributed by atoms with Crippen molar-refractivity contribution in [2.45, 2.75) is 32.8 Å². The molecule has 0 radical (unpaired) electrons. The van der Waals surface area contributed by atoms with E-state index in [4.69, 9.17) is 5.11 Å². The van der Waals surface area contributed by atoms with Gasteiger partial charge in [0.2, 0.25) is 5.91 Å². The van der Waals surface area contributed by atoms with Crippen LogP contribution in [0.25, 0.3) is 0 Å². The van der Waals surface area contributed by atoms with Gasteiger partial charge in [-0.05, 0) is 31.5 Å². The molecule has 0 atom stereocenters. The third-order valence-electron chi connectivity index (χ3n) is 3.06. The largest absolute Gasteiger partial charge is 0.573 e. The van der Waals surface area contributed by atoms with Crippen LogP contribution in [-0.2, 0) is 16.1 Å². The lowest BCUT2D eigenvalue weighted by atomic mass is 10.2. The van der Waals surface area contributed by atoms with E-state index in [1.165, 1.54) is 17.0 Å². The maximum Gasteiger partial charge on any atom is 0.573 e. The number of nitrogens with zero attached hydrogens (tertiary/aromatic N) is 1. The number of hydrogen-bond donors (Lipinski definition) is 2. The summed E-state index contributed by atoms with van der Waals surface area (Å²) in [5, 5.41) is 11.4. The summed E-state index contributed by atoms with van der Waals surface area (Å²) in [5.74, 6) is -1.75. The maximum atomic E-state index is 12.0. The van der Waals surface area contributed by atoms with Gasteiger partial charge in [-0.2, -0.15) is 0 Å². The van der Waals surface area contributed by atoms with Gasteiger partial charge in [0, 0.05) is 12.6 Å². The lowest BCUT2D eigenvalue weighted by Crippen LogP contribution is -2.43. The number of rotatable bonds is 8. The Morgan fingerprint density at radius 1 is 1.21 bits per heavy atom. The minimum atomic E-state index is -4.75. The van der Waals surface area contributed by atoms with Gasteiger partial charge in [-0.3, -0.25) is 14.5 Å². The predicted molar refractivity (Wildman–Crippen MR) is 79.3 cm³/mol. The fourth-order valence-corrected chi connectivity index (χ4v) is 1.84. The Kier molecular flexibility index (Phi) is 7.02. The molecule has 6 nitrogen and oxygen atoms in total. The number of ether oxygens (including phenoxy) is 1. The highest BCUT2D eigenvalue weighted by atomic mass is 19.4. The summed E-state index contributed by atoms with van der Waals surface area (Å²) in [6.45, 7) is 3.32. The second-order valence-electron chi connectivity index (χ2n) is 5.36. The van der Waals surface area contributed by atoms with Crippen molar-refractivity contribution in [1.29, 1.82) is 0 Å². The molecular formula is C15H19F3N2O4. The Balaban J connectivity index is 2.50. The van der Waals surface area contributed by atoms with E-state index < -0.39 is 12.3 Å². The molecule has 0 aliphatic carbocycles. The SMILES string of the molecule is CC(C)N(CC(=O)O)CC(=O)NCc1ccc(OC(F)(F)F)cc1. The number of halogens is 3. The third-order valence-corrected chi connectivity index (χ3v) is 3.06. The number of aliphatic carboxylic acids is 1. The number of nitrogens with one attached hydrogen (secondary N) is 1. The van der Waals surface area contributed by atoms with Crippen molar-refractivity contribution >= 4 is 11.9 Å². The lowest BCUT2D eigenvalue weighted by molar-refractivity contribution is -0.274. The summed E-state index contributed by atoms with van der Waals surface area (Å²) in [4.78, 5) is 24.1. The molecule has 0 fully saturated rings. The highest BCUT2D eigenvalue weighted by Gasteiger charge is 2.30. The predicted octanol–water partition coefficient (Wildman–Crippen LogP) is 2.00. The van der Waals surface area contributed by atoms with Crippen LogP contribution < -0.4 is 10.1 Å². The van der Waals surface area contributed by atoms with E-state index in [1.54, 1.807) is 13.8 Å². The van der Waals surface area contributed by atoms with Crippen LogP contribution in [0, 0.1) is 0 Å². The second kappa shape index (κ2) is 8.53. The smallest absolute Gasteiger partial charge is 0.480 e. The van der Waals surface area contributed by atoms with Gasteiger partial charge in [-0.15, -0.1) is 13.2 Å². The summed E-state index contributed by atoms with van der Waals surface area (Å²) < 4.78 is 39.9. The van der Waals surface area contributed by atoms with Gasteiger partial charge < -0.3 is 15.2 Å². The summed E-state index contributed by atoms with van der Waals surface area (Å²) in [6.07, 6.45) is -4.75. The van der Waals surface area contributed by atoms with Gasteiger partial charge in [0.15, 0.2) is 0 Å². The van der Waals surface area contributed by atoms with Crippen LogP contribution in [0.15, 0.2) is 24.3 Å². The zero-order chi connectivity index (χ0) is 18.3. The van der Waals surface area contributed by atoms with Gasteiger partial charge >= 0.3 is 12.3 Å². The molecule has 0 heterocycles. The van der Waals surface area contributed by atoms with Crippen molar-refractivity contribution in [2.24, 2.45) is 0 Å². The van der Waals surface area contributed by atoms with E-state index in [0.717, 1.165) is 12.1 Å². The molecule has 0 saturated heterocycles. The van der Waals surface area contributed by atoms with Gasteiger partial charge in [-0.25, -0.2) is 0 Å². The molecule has 0 bridgehead atoms. The number of carboxylic acids is 1. The molecule has 1 aromatic carbocycles. The molecule has 0 aromatic heterocycles. The number of carboxylic acid groups (broad SMARTS) is 1. The van der Waals surface area contributed by atoms with E-state index >= 15 is 0 Å². The standard InChI is InChI=1S/C15H19F3N2O4/c1-10(2)20(9-14(22)23)8-13(21)19-7-11-3-5-12(6-4-11)24-15(16,17)18/h3-6,10H,7-9H2,1-2H3,(H,19,21)(H,22,23). The van der Waals surface area contributed by atoms with Crippen LogP contribution in [0.1, 0.15) is 19.4 Å². The average molecular weight is 348 g/mol. The Labute approximate surface area is 137 Å². The zero-order valence-electron chi connectivity index (χ0n) is 13.3. The van der Waals surface area contributed by atoms with E-state index in [2.05, 4.69) is 10.1 Å². The highest BCUT2D eigenvalue weighted by Crippen LogP contribution is 2.22. The Morgan fingerprint density at radius 2 is 1.79 bits per heavy atom. The van der Waals surface area contributed by atoms with Crippen LogP contribution in [-0.4, -0.2) is 47.4 Å². The van der Waals surface area contributed by atoms with Crippen molar-refractivity contribution in [3.8, 4) is 5.75 Å². The molecule has 24 heavy (non-hydrogen) atoms. The van der Waals surface area contributed by atoms with Crippen molar-refractivity contribution in [3.63, 3.8) is 0 Å². The van der Waals surface area contributed by atoms with Crippen molar-refractivity contribution in [3.05, 3.63) is 29.8 Å². The first-order chi connectivity index (χ1) is 11.1. The van der Waals surface area contributed by atoms with E-state index in [9.17, 15) is 22.8 Å². The molecule has 0 aliphatic rings. The van der Waals surface area contributed by atoms with E-state index in [-0.39, 0.29) is 37.3 Å². The highest BCUT2D eigenvalue weighted by molar-refractivity contribution is 5.79. The van der Waals surface area contributed by atoms with Crippen molar-refractivity contribution < 1.29 is 32.6 Å². The Bertz CT molecular complexity index is 559. The first-order valence-electron chi connectivity index (χ1n) is 7.14. The van der Waals surface area contributed by atoms with Crippen molar-refractivity contribution in [2.75, 3.05) is 13.1 Å². The number of carbonyl (C=O) groups excluding carboxylic acids is 1. The molecule has 1 rings (SSSR count). The number of alkyl halides is 3. The van der Waals surface area contributed by atoms with Crippen LogP contribution in [0.5, 0.6) is 5.75 Å². The quantitative estimate of drug-likeness (QED) is 0.751. The minimum absolute atomic E-state index is 0.0841. The molecule has 2 N–H and O–H groups in total. The van der Waals surface area contributed by atoms with Gasteiger partial charge in [0.25, 0.3) is 0 Å². The fraction of sp³-hybridized carbons (Fsp3) is 0.467.